The molecule has 1 rings (SSSR count). The molecule has 0 radical (unpaired) electrons. The molecular formula is C14H29N3O2. The van der Waals surface area contributed by atoms with E-state index in [2.05, 4.69) is 22.5 Å². The molecule has 112 valence electrons. The number of ether oxygens (including phenoxy) is 2. The molecule has 1 saturated carbocycles. The van der Waals surface area contributed by atoms with Gasteiger partial charge in [0.05, 0.1) is 19.8 Å². The number of hydrogen-bond acceptors (Lipinski definition) is 3. The Labute approximate surface area is 117 Å². The van der Waals surface area contributed by atoms with E-state index in [9.17, 15) is 0 Å². The summed E-state index contributed by atoms with van der Waals surface area (Å²) in [6.07, 6.45) is 5.30. The Morgan fingerprint density at radius 3 is 2.53 bits per heavy atom. The normalized spacial score (nSPS) is 17.9. The molecule has 0 amide bonds. The standard InChI is InChI=1S/C14H29N3O2/c1-4-14(6-5-7-14)12-17-13(15-2)16-8-9-19-11-10-18-3/h4-12H2,1-3H3,(H2,15,16,17). The average Bonchev–Trinajstić information content (AvgIpc) is 2.39. The first-order chi connectivity index (χ1) is 9.26. The zero-order valence-corrected chi connectivity index (χ0v) is 12.6. The van der Waals surface area contributed by atoms with E-state index in [1.54, 1.807) is 14.2 Å². The first kappa shape index (κ1) is 16.2. The lowest BCUT2D eigenvalue weighted by molar-refractivity contribution is 0.0732. The second-order valence-corrected chi connectivity index (χ2v) is 5.16. The van der Waals surface area contributed by atoms with Crippen LogP contribution in [-0.2, 0) is 9.47 Å². The lowest BCUT2D eigenvalue weighted by Gasteiger charge is -2.41. The minimum Gasteiger partial charge on any atom is -0.382 e. The Balaban J connectivity index is 2.09. The summed E-state index contributed by atoms with van der Waals surface area (Å²) >= 11 is 0. The molecule has 0 bridgehead atoms. The van der Waals surface area contributed by atoms with Crippen LogP contribution in [0.4, 0.5) is 0 Å². The molecule has 0 heterocycles. The van der Waals surface area contributed by atoms with Gasteiger partial charge in [-0.2, -0.15) is 0 Å². The van der Waals surface area contributed by atoms with Crippen LogP contribution in [0.3, 0.4) is 0 Å². The monoisotopic (exact) mass is 271 g/mol. The van der Waals surface area contributed by atoms with Gasteiger partial charge in [-0.3, -0.25) is 4.99 Å². The van der Waals surface area contributed by atoms with Crippen molar-refractivity contribution in [2.75, 3.05) is 47.1 Å². The predicted octanol–water partition coefficient (Wildman–Crippen LogP) is 1.39. The van der Waals surface area contributed by atoms with Crippen LogP contribution < -0.4 is 10.6 Å². The maximum atomic E-state index is 5.40. The van der Waals surface area contributed by atoms with Gasteiger partial charge < -0.3 is 20.1 Å². The summed E-state index contributed by atoms with van der Waals surface area (Å²) in [5.74, 6) is 0.870. The van der Waals surface area contributed by atoms with Gasteiger partial charge in [0.2, 0.25) is 0 Å². The van der Waals surface area contributed by atoms with Gasteiger partial charge in [-0.05, 0) is 24.7 Å². The second kappa shape index (κ2) is 9.15. The molecular weight excluding hydrogens is 242 g/mol. The number of aliphatic imine (C=N–C) groups is 1. The number of methoxy groups -OCH3 is 1. The number of nitrogens with zero attached hydrogens (tertiary/aromatic N) is 1. The number of hydrogen-bond donors (Lipinski definition) is 2. The Morgan fingerprint density at radius 2 is 2.00 bits per heavy atom. The van der Waals surface area contributed by atoms with E-state index in [1.165, 1.54) is 25.7 Å². The minimum atomic E-state index is 0.507. The van der Waals surface area contributed by atoms with Crippen molar-refractivity contribution in [2.45, 2.75) is 32.6 Å². The third-order valence-electron chi connectivity index (χ3n) is 3.99. The van der Waals surface area contributed by atoms with E-state index < -0.39 is 0 Å². The van der Waals surface area contributed by atoms with Crippen molar-refractivity contribution in [3.63, 3.8) is 0 Å². The maximum absolute atomic E-state index is 5.40. The smallest absolute Gasteiger partial charge is 0.191 e. The topological polar surface area (TPSA) is 54.9 Å². The summed E-state index contributed by atoms with van der Waals surface area (Å²) in [6, 6.07) is 0. The van der Waals surface area contributed by atoms with Gasteiger partial charge in [-0.15, -0.1) is 0 Å². The molecule has 1 aliphatic carbocycles. The van der Waals surface area contributed by atoms with Crippen LogP contribution in [0.5, 0.6) is 0 Å². The first-order valence-electron chi connectivity index (χ1n) is 7.27. The fraction of sp³-hybridized carbons (Fsp3) is 0.929. The highest BCUT2D eigenvalue weighted by Gasteiger charge is 2.34. The first-order valence-corrected chi connectivity index (χ1v) is 7.27. The molecule has 0 aliphatic heterocycles. The highest BCUT2D eigenvalue weighted by molar-refractivity contribution is 5.79. The van der Waals surface area contributed by atoms with Crippen molar-refractivity contribution < 1.29 is 9.47 Å². The van der Waals surface area contributed by atoms with E-state index in [-0.39, 0.29) is 0 Å². The summed E-state index contributed by atoms with van der Waals surface area (Å²) < 4.78 is 10.3. The molecule has 5 heteroatoms. The number of guanidine groups is 1. The zero-order chi connectivity index (χ0) is 14.0. The van der Waals surface area contributed by atoms with Crippen LogP contribution >= 0.6 is 0 Å². The molecule has 5 nitrogen and oxygen atoms in total. The average molecular weight is 271 g/mol. The third-order valence-corrected chi connectivity index (χ3v) is 3.99. The maximum Gasteiger partial charge on any atom is 0.191 e. The molecule has 1 fully saturated rings. The van der Waals surface area contributed by atoms with Crippen molar-refractivity contribution in [2.24, 2.45) is 10.4 Å². The summed E-state index contributed by atoms with van der Waals surface area (Å²) in [5.41, 5.74) is 0.507. The van der Waals surface area contributed by atoms with Gasteiger partial charge in [0.15, 0.2) is 5.96 Å². The number of nitrogens with one attached hydrogen (secondary N) is 2. The molecule has 0 atom stereocenters. The SMILES string of the molecule is CCC1(CNC(=NC)NCCOCCOC)CCC1. The van der Waals surface area contributed by atoms with Gasteiger partial charge in [0.25, 0.3) is 0 Å². The van der Waals surface area contributed by atoms with Crippen LogP contribution in [0.25, 0.3) is 0 Å². The lowest BCUT2D eigenvalue weighted by atomic mass is 9.67. The Hall–Kier alpha value is -0.810. The summed E-state index contributed by atoms with van der Waals surface area (Å²) in [5, 5.41) is 6.69. The Morgan fingerprint density at radius 1 is 1.21 bits per heavy atom. The minimum absolute atomic E-state index is 0.507. The summed E-state index contributed by atoms with van der Waals surface area (Å²) in [4.78, 5) is 4.23. The van der Waals surface area contributed by atoms with Crippen LogP contribution in [-0.4, -0.2) is 53.0 Å². The largest absolute Gasteiger partial charge is 0.382 e. The van der Waals surface area contributed by atoms with E-state index in [1.807, 2.05) is 0 Å². The molecule has 1 aliphatic rings. The van der Waals surface area contributed by atoms with Crippen LogP contribution in [0.2, 0.25) is 0 Å². The van der Waals surface area contributed by atoms with E-state index >= 15 is 0 Å². The van der Waals surface area contributed by atoms with Gasteiger partial charge in [0, 0.05) is 27.2 Å². The highest BCUT2D eigenvalue weighted by atomic mass is 16.5. The van der Waals surface area contributed by atoms with Crippen LogP contribution in [0, 0.1) is 5.41 Å². The molecule has 0 aromatic carbocycles. The fourth-order valence-corrected chi connectivity index (χ4v) is 2.31. The molecule has 0 spiro atoms. The van der Waals surface area contributed by atoms with Gasteiger partial charge in [-0.1, -0.05) is 13.3 Å². The van der Waals surface area contributed by atoms with E-state index in [0.29, 0.717) is 25.2 Å². The van der Waals surface area contributed by atoms with Crippen molar-refractivity contribution in [3.8, 4) is 0 Å². The highest BCUT2D eigenvalue weighted by Crippen LogP contribution is 2.42. The van der Waals surface area contributed by atoms with Crippen molar-refractivity contribution in [1.29, 1.82) is 0 Å². The quantitative estimate of drug-likeness (QED) is 0.378. The lowest BCUT2D eigenvalue weighted by Crippen LogP contribution is -2.46. The fourth-order valence-electron chi connectivity index (χ4n) is 2.31. The molecule has 0 aromatic rings. The molecule has 0 aromatic heterocycles. The van der Waals surface area contributed by atoms with Crippen LogP contribution in [0.1, 0.15) is 32.6 Å². The Bertz CT molecular complexity index is 260. The summed E-state index contributed by atoms with van der Waals surface area (Å²) in [6.45, 7) is 6.02. The number of rotatable bonds is 9. The van der Waals surface area contributed by atoms with Crippen LogP contribution in [0.15, 0.2) is 4.99 Å². The van der Waals surface area contributed by atoms with Gasteiger partial charge in [-0.25, -0.2) is 0 Å². The second-order valence-electron chi connectivity index (χ2n) is 5.16. The molecule has 19 heavy (non-hydrogen) atoms. The predicted molar refractivity (Wildman–Crippen MR) is 78.6 cm³/mol. The third kappa shape index (κ3) is 5.78. The van der Waals surface area contributed by atoms with Crippen molar-refractivity contribution in [3.05, 3.63) is 0 Å². The molecule has 2 N–H and O–H groups in total. The van der Waals surface area contributed by atoms with Gasteiger partial charge in [0.1, 0.15) is 0 Å². The van der Waals surface area contributed by atoms with Crippen molar-refractivity contribution in [1.82, 2.24) is 10.6 Å². The van der Waals surface area contributed by atoms with E-state index in [4.69, 9.17) is 9.47 Å². The van der Waals surface area contributed by atoms with Crippen molar-refractivity contribution >= 4 is 5.96 Å². The molecule has 0 saturated heterocycles. The van der Waals surface area contributed by atoms with E-state index in [0.717, 1.165) is 19.0 Å². The summed E-state index contributed by atoms with van der Waals surface area (Å²) in [7, 11) is 3.48. The van der Waals surface area contributed by atoms with Gasteiger partial charge >= 0.3 is 0 Å². The zero-order valence-electron chi connectivity index (χ0n) is 12.6. The Kier molecular flexibility index (Phi) is 7.82. The molecule has 0 unspecified atom stereocenters.